The van der Waals surface area contributed by atoms with Gasteiger partial charge in [0.2, 0.25) is 5.78 Å². The van der Waals surface area contributed by atoms with Gasteiger partial charge in [-0.1, -0.05) is 0 Å². The highest BCUT2D eigenvalue weighted by Gasteiger charge is 2.25. The van der Waals surface area contributed by atoms with Crippen molar-refractivity contribution in [2.24, 2.45) is 0 Å². The van der Waals surface area contributed by atoms with Crippen LogP contribution in [0.25, 0.3) is 11.0 Å². The lowest BCUT2D eigenvalue weighted by Gasteiger charge is -2.12. The zero-order chi connectivity index (χ0) is 18.3. The Bertz CT molecular complexity index is 1050. The first-order valence-electron chi connectivity index (χ1n) is 8.13. The first kappa shape index (κ1) is 16.0. The number of ketones is 1. The van der Waals surface area contributed by atoms with Crippen molar-refractivity contribution in [2.45, 2.75) is 19.6 Å². The van der Waals surface area contributed by atoms with Gasteiger partial charge in [0.25, 0.3) is 5.91 Å². The number of nitrogens with zero attached hydrogens (tertiary/aromatic N) is 1. The summed E-state index contributed by atoms with van der Waals surface area (Å²) < 4.78 is 5.33. The molecule has 1 amide bonds. The van der Waals surface area contributed by atoms with Crippen molar-refractivity contribution < 1.29 is 19.1 Å². The third kappa shape index (κ3) is 2.63. The predicted octanol–water partition coefficient (Wildman–Crippen LogP) is 2.23. The number of fused-ring (bicyclic) bond motifs is 2. The summed E-state index contributed by atoms with van der Waals surface area (Å²) in [7, 11) is 0. The van der Waals surface area contributed by atoms with Gasteiger partial charge in [-0.15, -0.1) is 0 Å². The molecular weight excluding hydrogens is 334 g/mol. The molecule has 0 saturated carbocycles. The van der Waals surface area contributed by atoms with Crippen LogP contribution in [0.15, 0.2) is 42.7 Å². The summed E-state index contributed by atoms with van der Waals surface area (Å²) >= 11 is 0. The van der Waals surface area contributed by atoms with E-state index in [4.69, 9.17) is 4.74 Å². The average molecular weight is 349 g/mol. The molecule has 4 rings (SSSR count). The number of aromatic nitrogens is 2. The minimum absolute atomic E-state index is 0.156. The summed E-state index contributed by atoms with van der Waals surface area (Å²) in [6, 6.07) is 8.25. The monoisotopic (exact) mass is 349 g/mol. The largest absolute Gasteiger partial charge is 0.451 e. The average Bonchev–Trinajstić information content (AvgIpc) is 3.24. The number of aromatic amines is 1. The lowest BCUT2D eigenvalue weighted by molar-refractivity contribution is 0.0319. The summed E-state index contributed by atoms with van der Waals surface area (Å²) in [5, 5.41) is 3.37. The van der Waals surface area contributed by atoms with E-state index in [9.17, 15) is 14.4 Å². The Kier molecular flexibility index (Phi) is 3.76. The van der Waals surface area contributed by atoms with Crippen LogP contribution in [0.4, 0.5) is 0 Å². The molecule has 0 fully saturated rings. The third-order valence-corrected chi connectivity index (χ3v) is 4.39. The Morgan fingerprint density at radius 1 is 1.27 bits per heavy atom. The number of H-pyrrole nitrogens is 1. The van der Waals surface area contributed by atoms with Gasteiger partial charge in [-0.3, -0.25) is 9.59 Å². The number of benzene rings is 1. The highest BCUT2D eigenvalue weighted by molar-refractivity contribution is 6.10. The molecule has 1 unspecified atom stereocenters. The summed E-state index contributed by atoms with van der Waals surface area (Å²) in [5.74, 6) is -1.07. The lowest BCUT2D eigenvalue weighted by atomic mass is 10.1. The van der Waals surface area contributed by atoms with Crippen molar-refractivity contribution in [2.75, 3.05) is 0 Å². The number of nitrogens with one attached hydrogen (secondary N) is 2. The molecule has 26 heavy (non-hydrogen) atoms. The van der Waals surface area contributed by atoms with E-state index in [1.807, 2.05) is 0 Å². The molecule has 0 saturated heterocycles. The van der Waals surface area contributed by atoms with Gasteiger partial charge in [0.05, 0.1) is 5.56 Å². The molecule has 3 heterocycles. The number of hydrogen-bond acceptors (Lipinski definition) is 5. The van der Waals surface area contributed by atoms with Gasteiger partial charge in [-0.05, 0) is 42.8 Å². The van der Waals surface area contributed by atoms with Gasteiger partial charge in [0.15, 0.2) is 6.10 Å². The number of hydrogen-bond donors (Lipinski definition) is 2. The van der Waals surface area contributed by atoms with Crippen LogP contribution >= 0.6 is 0 Å². The second-order valence-electron chi connectivity index (χ2n) is 6.07. The van der Waals surface area contributed by atoms with E-state index in [0.717, 1.165) is 5.56 Å². The second-order valence-corrected chi connectivity index (χ2v) is 6.07. The smallest absolute Gasteiger partial charge is 0.338 e. The van der Waals surface area contributed by atoms with E-state index in [1.54, 1.807) is 36.7 Å². The fraction of sp³-hybridized carbons (Fsp3) is 0.158. The molecule has 1 atom stereocenters. The fourth-order valence-electron chi connectivity index (χ4n) is 3.02. The maximum atomic E-state index is 12.6. The SMILES string of the molecule is CC(OC(=O)c1ccc2c(c1)CNC2=O)C(=O)c1c[nH]c2ncccc12. The van der Waals surface area contributed by atoms with Gasteiger partial charge < -0.3 is 15.0 Å². The number of rotatable bonds is 4. The Balaban J connectivity index is 1.52. The number of esters is 1. The molecule has 130 valence electrons. The van der Waals surface area contributed by atoms with Crippen molar-refractivity contribution in [3.05, 3.63) is 65.0 Å². The minimum Gasteiger partial charge on any atom is -0.451 e. The molecule has 1 aliphatic heterocycles. The fourth-order valence-corrected chi connectivity index (χ4v) is 3.02. The van der Waals surface area contributed by atoms with Crippen molar-refractivity contribution in [1.82, 2.24) is 15.3 Å². The summed E-state index contributed by atoms with van der Waals surface area (Å²) in [4.78, 5) is 43.7. The molecule has 2 N–H and O–H groups in total. The Hall–Kier alpha value is -3.48. The topological polar surface area (TPSA) is 101 Å². The Morgan fingerprint density at radius 3 is 2.96 bits per heavy atom. The molecule has 1 aliphatic rings. The van der Waals surface area contributed by atoms with E-state index in [2.05, 4.69) is 15.3 Å². The Morgan fingerprint density at radius 2 is 2.12 bits per heavy atom. The lowest BCUT2D eigenvalue weighted by Crippen LogP contribution is -2.24. The van der Waals surface area contributed by atoms with E-state index >= 15 is 0 Å². The molecule has 3 aromatic rings. The van der Waals surface area contributed by atoms with Crippen LogP contribution in [0.3, 0.4) is 0 Å². The number of amides is 1. The number of carbonyl (C=O) groups is 3. The quantitative estimate of drug-likeness (QED) is 0.556. The summed E-state index contributed by atoms with van der Waals surface area (Å²) in [6.07, 6.45) is 2.25. The van der Waals surface area contributed by atoms with Crippen LogP contribution in [0, 0.1) is 0 Å². The zero-order valence-corrected chi connectivity index (χ0v) is 13.9. The van der Waals surface area contributed by atoms with E-state index in [1.165, 1.54) is 13.0 Å². The number of Topliss-reactive ketones (excluding diaryl/α,β-unsaturated/α-hetero) is 1. The second kappa shape index (κ2) is 6.11. The van der Waals surface area contributed by atoms with Gasteiger partial charge in [0.1, 0.15) is 5.65 Å². The van der Waals surface area contributed by atoms with Crippen LogP contribution in [0.5, 0.6) is 0 Å². The van der Waals surface area contributed by atoms with Gasteiger partial charge in [-0.25, -0.2) is 9.78 Å². The van der Waals surface area contributed by atoms with Crippen LogP contribution in [-0.2, 0) is 11.3 Å². The minimum atomic E-state index is -0.949. The summed E-state index contributed by atoms with van der Waals surface area (Å²) in [5.41, 5.74) is 2.63. The van der Waals surface area contributed by atoms with Crippen molar-refractivity contribution in [3.8, 4) is 0 Å². The zero-order valence-electron chi connectivity index (χ0n) is 13.9. The molecular formula is C19H15N3O4. The van der Waals surface area contributed by atoms with Crippen LogP contribution in [-0.4, -0.2) is 33.7 Å². The molecule has 0 spiro atoms. The molecule has 2 aromatic heterocycles. The molecule has 0 bridgehead atoms. The number of carbonyl (C=O) groups excluding carboxylic acids is 3. The molecule has 1 aromatic carbocycles. The van der Waals surface area contributed by atoms with Crippen LogP contribution in [0.1, 0.15) is 43.6 Å². The van der Waals surface area contributed by atoms with Crippen LogP contribution in [0.2, 0.25) is 0 Å². The van der Waals surface area contributed by atoms with Crippen molar-refractivity contribution in [1.29, 1.82) is 0 Å². The maximum Gasteiger partial charge on any atom is 0.338 e. The van der Waals surface area contributed by atoms with E-state index < -0.39 is 12.1 Å². The molecule has 7 heteroatoms. The first-order chi connectivity index (χ1) is 12.5. The normalized spacial score (nSPS) is 14.0. The highest BCUT2D eigenvalue weighted by atomic mass is 16.5. The van der Waals surface area contributed by atoms with Crippen LogP contribution < -0.4 is 5.32 Å². The Labute approximate surface area is 148 Å². The first-order valence-corrected chi connectivity index (χ1v) is 8.13. The standard InChI is InChI=1S/C19H15N3O4/c1-10(16(23)15-9-21-17-14(15)3-2-6-20-17)26-19(25)11-4-5-13-12(7-11)8-22-18(13)24/h2-7,9-10H,8H2,1H3,(H,20,21)(H,22,24). The molecule has 0 aliphatic carbocycles. The van der Waals surface area contributed by atoms with Gasteiger partial charge in [0, 0.05) is 35.5 Å². The van der Waals surface area contributed by atoms with E-state index in [0.29, 0.717) is 34.3 Å². The van der Waals surface area contributed by atoms with Gasteiger partial charge in [-0.2, -0.15) is 0 Å². The molecule has 7 nitrogen and oxygen atoms in total. The predicted molar refractivity (Wildman–Crippen MR) is 92.9 cm³/mol. The van der Waals surface area contributed by atoms with E-state index in [-0.39, 0.29) is 11.7 Å². The van der Waals surface area contributed by atoms with Crippen molar-refractivity contribution >= 4 is 28.7 Å². The maximum absolute atomic E-state index is 12.6. The number of ether oxygens (including phenoxy) is 1. The van der Waals surface area contributed by atoms with Crippen molar-refractivity contribution in [3.63, 3.8) is 0 Å². The third-order valence-electron chi connectivity index (χ3n) is 4.39. The summed E-state index contributed by atoms with van der Waals surface area (Å²) in [6.45, 7) is 1.92. The molecule has 0 radical (unpaired) electrons. The van der Waals surface area contributed by atoms with Gasteiger partial charge >= 0.3 is 5.97 Å². The number of pyridine rings is 1. The highest BCUT2D eigenvalue weighted by Crippen LogP contribution is 2.20.